The molecule has 0 spiro atoms. The molecule has 1 aromatic heterocycles. The molecule has 0 saturated carbocycles. The molecule has 1 heterocycles. The highest BCUT2D eigenvalue weighted by molar-refractivity contribution is 5.19. The molecule has 1 unspecified atom stereocenters. The van der Waals surface area contributed by atoms with E-state index in [-0.39, 0.29) is 0 Å². The Kier molecular flexibility index (Phi) is 4.59. The molecular weight excluding hydrogens is 222 g/mol. The van der Waals surface area contributed by atoms with Gasteiger partial charge in [-0.1, -0.05) is 44.2 Å². The van der Waals surface area contributed by atoms with E-state index < -0.39 is 0 Å². The van der Waals surface area contributed by atoms with Crippen molar-refractivity contribution in [3.05, 3.63) is 60.1 Å². The van der Waals surface area contributed by atoms with Crippen LogP contribution in [0.1, 0.15) is 37.4 Å². The first kappa shape index (κ1) is 12.9. The summed E-state index contributed by atoms with van der Waals surface area (Å²) >= 11 is 0. The lowest BCUT2D eigenvalue weighted by molar-refractivity contribution is 0.427. The topological polar surface area (TPSA) is 25.2 Å². The Bertz CT molecular complexity index is 433. The molecule has 0 saturated heterocycles. The van der Waals surface area contributed by atoms with Gasteiger partial charge in [0.1, 0.15) is 0 Å². The van der Waals surface area contributed by atoms with E-state index in [1.165, 1.54) is 11.1 Å². The molecule has 0 radical (unpaired) electrons. The van der Waals surface area contributed by atoms with Gasteiger partial charge >= 0.3 is 0 Å². The zero-order valence-electron chi connectivity index (χ0n) is 11.1. The second-order valence-corrected chi connectivity index (χ2v) is 5.11. The van der Waals surface area contributed by atoms with Crippen LogP contribution in [0.5, 0.6) is 0 Å². The number of hydrogen-bond acceptors (Lipinski definition) is 2. The molecule has 1 aromatic carbocycles. The number of benzene rings is 1. The highest BCUT2D eigenvalue weighted by Gasteiger charge is 2.12. The summed E-state index contributed by atoms with van der Waals surface area (Å²) in [6.07, 6.45) is 4.66. The summed E-state index contributed by atoms with van der Waals surface area (Å²) in [5.41, 5.74) is 2.55. The van der Waals surface area contributed by atoms with Gasteiger partial charge < -0.3 is 9.73 Å². The van der Waals surface area contributed by atoms with Crippen molar-refractivity contribution < 1.29 is 4.42 Å². The van der Waals surface area contributed by atoms with Crippen LogP contribution >= 0.6 is 0 Å². The van der Waals surface area contributed by atoms with Crippen LogP contribution < -0.4 is 5.32 Å². The molecule has 1 N–H and O–H groups in total. The maximum Gasteiger partial charge on any atom is 0.0947 e. The summed E-state index contributed by atoms with van der Waals surface area (Å²) in [5.74, 6) is 0.673. The standard InChI is InChI=1S/C16H21NO/c1-13(2)10-16(15-6-4-3-5-7-15)17-11-14-8-9-18-12-14/h3-9,12-13,16-17H,10-11H2,1-2H3. The second kappa shape index (κ2) is 6.41. The monoisotopic (exact) mass is 243 g/mol. The Labute approximate surface area is 109 Å². The van der Waals surface area contributed by atoms with Gasteiger partial charge in [-0.05, 0) is 24.0 Å². The van der Waals surface area contributed by atoms with Crippen molar-refractivity contribution in [1.29, 1.82) is 0 Å². The van der Waals surface area contributed by atoms with Crippen LogP contribution in [0.4, 0.5) is 0 Å². The van der Waals surface area contributed by atoms with Crippen LogP contribution in [0.3, 0.4) is 0 Å². The van der Waals surface area contributed by atoms with Crippen molar-refractivity contribution in [2.24, 2.45) is 5.92 Å². The summed E-state index contributed by atoms with van der Waals surface area (Å²) in [6, 6.07) is 13.0. The Morgan fingerprint density at radius 1 is 1.11 bits per heavy atom. The Morgan fingerprint density at radius 3 is 2.50 bits per heavy atom. The third-order valence-electron chi connectivity index (χ3n) is 3.04. The first-order chi connectivity index (χ1) is 8.75. The highest BCUT2D eigenvalue weighted by Crippen LogP contribution is 2.21. The maximum atomic E-state index is 5.09. The van der Waals surface area contributed by atoms with Gasteiger partial charge in [0.2, 0.25) is 0 Å². The van der Waals surface area contributed by atoms with E-state index in [9.17, 15) is 0 Å². The third-order valence-corrected chi connectivity index (χ3v) is 3.04. The predicted octanol–water partition coefficient (Wildman–Crippen LogP) is 4.16. The minimum Gasteiger partial charge on any atom is -0.472 e. The van der Waals surface area contributed by atoms with Gasteiger partial charge in [0.05, 0.1) is 12.5 Å². The number of hydrogen-bond donors (Lipinski definition) is 1. The fourth-order valence-corrected chi connectivity index (χ4v) is 2.13. The van der Waals surface area contributed by atoms with Gasteiger partial charge in [-0.3, -0.25) is 0 Å². The fourth-order valence-electron chi connectivity index (χ4n) is 2.13. The van der Waals surface area contributed by atoms with E-state index in [1.54, 1.807) is 12.5 Å². The van der Waals surface area contributed by atoms with E-state index in [0.717, 1.165) is 13.0 Å². The van der Waals surface area contributed by atoms with Gasteiger partial charge in [-0.25, -0.2) is 0 Å². The summed E-state index contributed by atoms with van der Waals surface area (Å²) in [5, 5.41) is 3.61. The second-order valence-electron chi connectivity index (χ2n) is 5.11. The van der Waals surface area contributed by atoms with Crippen molar-refractivity contribution >= 4 is 0 Å². The third kappa shape index (κ3) is 3.74. The smallest absolute Gasteiger partial charge is 0.0947 e. The van der Waals surface area contributed by atoms with Gasteiger partial charge in [0.25, 0.3) is 0 Å². The molecule has 0 fully saturated rings. The first-order valence-corrected chi connectivity index (χ1v) is 6.55. The lowest BCUT2D eigenvalue weighted by atomic mass is 9.97. The SMILES string of the molecule is CC(C)CC(NCc1ccoc1)c1ccccc1. The zero-order valence-corrected chi connectivity index (χ0v) is 11.1. The zero-order chi connectivity index (χ0) is 12.8. The normalized spacial score (nSPS) is 12.8. The number of furan rings is 1. The summed E-state index contributed by atoms with van der Waals surface area (Å²) in [6.45, 7) is 5.37. The first-order valence-electron chi connectivity index (χ1n) is 6.55. The average Bonchev–Trinajstić information content (AvgIpc) is 2.88. The van der Waals surface area contributed by atoms with Crippen molar-refractivity contribution in [2.45, 2.75) is 32.9 Å². The summed E-state index contributed by atoms with van der Waals surface area (Å²) in [4.78, 5) is 0. The Balaban J connectivity index is 2.01. The van der Waals surface area contributed by atoms with Crippen LogP contribution in [0.25, 0.3) is 0 Å². The van der Waals surface area contributed by atoms with Crippen molar-refractivity contribution in [2.75, 3.05) is 0 Å². The molecule has 2 heteroatoms. The van der Waals surface area contributed by atoms with Gasteiger partial charge in [-0.2, -0.15) is 0 Å². The quantitative estimate of drug-likeness (QED) is 0.824. The highest BCUT2D eigenvalue weighted by atomic mass is 16.3. The largest absolute Gasteiger partial charge is 0.472 e. The van der Waals surface area contributed by atoms with Crippen LogP contribution in [0.15, 0.2) is 53.3 Å². The molecule has 2 aromatic rings. The molecule has 0 aliphatic heterocycles. The van der Waals surface area contributed by atoms with Gasteiger partial charge in [0, 0.05) is 18.2 Å². The minimum atomic E-state index is 0.404. The lowest BCUT2D eigenvalue weighted by Crippen LogP contribution is -2.22. The molecular formula is C16H21NO. The van der Waals surface area contributed by atoms with Crippen LogP contribution in [0, 0.1) is 5.92 Å². The van der Waals surface area contributed by atoms with E-state index in [0.29, 0.717) is 12.0 Å². The molecule has 0 amide bonds. The number of nitrogens with one attached hydrogen (secondary N) is 1. The van der Waals surface area contributed by atoms with E-state index >= 15 is 0 Å². The lowest BCUT2D eigenvalue weighted by Gasteiger charge is -2.21. The molecule has 96 valence electrons. The van der Waals surface area contributed by atoms with Gasteiger partial charge in [-0.15, -0.1) is 0 Å². The summed E-state index contributed by atoms with van der Waals surface area (Å²) in [7, 11) is 0. The average molecular weight is 243 g/mol. The molecule has 1 atom stereocenters. The molecule has 2 rings (SSSR count). The minimum absolute atomic E-state index is 0.404. The van der Waals surface area contributed by atoms with Crippen molar-refractivity contribution in [3.8, 4) is 0 Å². The van der Waals surface area contributed by atoms with Crippen molar-refractivity contribution in [1.82, 2.24) is 5.32 Å². The van der Waals surface area contributed by atoms with Gasteiger partial charge in [0.15, 0.2) is 0 Å². The molecule has 0 aliphatic carbocycles. The Morgan fingerprint density at radius 2 is 1.89 bits per heavy atom. The molecule has 2 nitrogen and oxygen atoms in total. The number of rotatable bonds is 6. The summed E-state index contributed by atoms with van der Waals surface area (Å²) < 4.78 is 5.09. The van der Waals surface area contributed by atoms with E-state index in [4.69, 9.17) is 4.42 Å². The predicted molar refractivity (Wildman–Crippen MR) is 74.2 cm³/mol. The maximum absolute atomic E-state index is 5.09. The molecule has 0 bridgehead atoms. The molecule has 0 aliphatic rings. The van der Waals surface area contributed by atoms with Crippen LogP contribution in [-0.2, 0) is 6.54 Å². The fraction of sp³-hybridized carbons (Fsp3) is 0.375. The van der Waals surface area contributed by atoms with Crippen LogP contribution in [-0.4, -0.2) is 0 Å². The van der Waals surface area contributed by atoms with E-state index in [2.05, 4.69) is 49.5 Å². The molecule has 18 heavy (non-hydrogen) atoms. The van der Waals surface area contributed by atoms with E-state index in [1.807, 2.05) is 6.07 Å². The van der Waals surface area contributed by atoms with Crippen LogP contribution in [0.2, 0.25) is 0 Å². The Hall–Kier alpha value is -1.54. The van der Waals surface area contributed by atoms with Crippen molar-refractivity contribution in [3.63, 3.8) is 0 Å².